The van der Waals surface area contributed by atoms with Crippen molar-refractivity contribution in [1.29, 1.82) is 0 Å². The first-order chi connectivity index (χ1) is 22.1. The van der Waals surface area contributed by atoms with Crippen LogP contribution in [-0.2, 0) is 20.0 Å². The Balaban J connectivity index is 0.967. The lowest BCUT2D eigenvalue weighted by molar-refractivity contribution is 0.101. The van der Waals surface area contributed by atoms with Crippen LogP contribution in [0, 0.1) is 0 Å². The molecule has 0 radical (unpaired) electrons. The third-order valence-corrected chi connectivity index (χ3v) is 13.1. The van der Waals surface area contributed by atoms with Gasteiger partial charge in [0.25, 0.3) is 20.0 Å². The normalized spacial score (nSPS) is 14.0. The number of nitrogens with zero attached hydrogens (tertiary/aromatic N) is 2. The summed E-state index contributed by atoms with van der Waals surface area (Å²) in [5.74, 6) is 1.00. The van der Waals surface area contributed by atoms with Crippen LogP contribution in [0.15, 0.2) is 58.6 Å². The molecule has 2 aliphatic rings. The Hall–Kier alpha value is -3.56. The number of sulfonamides is 2. The van der Waals surface area contributed by atoms with E-state index < -0.39 is 20.0 Å². The minimum atomic E-state index is -3.99. The van der Waals surface area contributed by atoms with E-state index in [9.17, 15) is 26.4 Å². The summed E-state index contributed by atoms with van der Waals surface area (Å²) in [6, 6.07) is 8.52. The number of hydrogen-bond acceptors (Lipinski definition) is 16. The van der Waals surface area contributed by atoms with Gasteiger partial charge in [-0.25, -0.2) is 26.8 Å². The van der Waals surface area contributed by atoms with E-state index in [1.165, 1.54) is 48.8 Å². The second-order valence-electron chi connectivity index (χ2n) is 9.25. The Labute approximate surface area is 278 Å². The average Bonchev–Trinajstić information content (AvgIpc) is 3.72. The maximum Gasteiger partial charge on any atom is 0.263 e. The summed E-state index contributed by atoms with van der Waals surface area (Å²) in [6.07, 6.45) is 2.58. The van der Waals surface area contributed by atoms with E-state index in [0.29, 0.717) is 49.4 Å². The number of thiazole rings is 2. The number of fused-ring (bicyclic) bond motifs is 2. The maximum absolute atomic E-state index is 12.8. The van der Waals surface area contributed by atoms with E-state index >= 15 is 0 Å². The number of ether oxygens (including phenoxy) is 4. The molecule has 6 rings (SSSR count). The molecule has 46 heavy (non-hydrogen) atoms. The second kappa shape index (κ2) is 13.7. The molecule has 0 fully saturated rings. The van der Waals surface area contributed by atoms with Crippen molar-refractivity contribution in [2.75, 3.05) is 47.4 Å². The Morgan fingerprint density at radius 2 is 1.04 bits per heavy atom. The zero-order valence-corrected chi connectivity index (χ0v) is 28.2. The van der Waals surface area contributed by atoms with Gasteiger partial charge in [-0.2, -0.15) is 0 Å². The number of benzene rings is 2. The monoisotopic (exact) mass is 742 g/mol. The summed E-state index contributed by atoms with van der Waals surface area (Å²) in [7, 11) is -5.68. The predicted molar refractivity (Wildman–Crippen MR) is 174 cm³/mol. The number of nitrogens with one attached hydrogen (secondary N) is 2. The Morgan fingerprint density at radius 1 is 0.652 bits per heavy atom. The summed E-state index contributed by atoms with van der Waals surface area (Å²) in [5, 5.41) is 0.0494. The van der Waals surface area contributed by atoms with Gasteiger partial charge in [-0.1, -0.05) is 44.3 Å². The number of anilines is 2. The van der Waals surface area contributed by atoms with Gasteiger partial charge in [-0.15, -0.1) is 0 Å². The number of carbonyl (C=O) groups excluding carboxylic acids is 2. The second-order valence-corrected chi connectivity index (χ2v) is 17.1. The Kier molecular flexibility index (Phi) is 9.62. The summed E-state index contributed by atoms with van der Waals surface area (Å²) in [6.45, 7) is 1.38. The van der Waals surface area contributed by atoms with Crippen molar-refractivity contribution in [3.05, 3.63) is 58.5 Å². The smallest absolute Gasteiger partial charge is 0.263 e. The molecular weight excluding hydrogens is 721 g/mol. The van der Waals surface area contributed by atoms with Crippen LogP contribution in [0.25, 0.3) is 0 Å². The molecule has 2 N–H and O–H groups in total. The number of carbonyl (C=O) groups is 2. The average molecular weight is 743 g/mol. The molecule has 2 aliphatic heterocycles. The zero-order valence-electron chi connectivity index (χ0n) is 23.3. The molecule has 2 aromatic heterocycles. The molecule has 2 aromatic carbocycles. The molecule has 242 valence electrons. The highest BCUT2D eigenvalue weighted by atomic mass is 33.1. The summed E-state index contributed by atoms with van der Waals surface area (Å²) in [4.78, 5) is 33.8. The van der Waals surface area contributed by atoms with E-state index in [1.54, 1.807) is 0 Å². The van der Waals surface area contributed by atoms with Gasteiger partial charge in [0.05, 0.1) is 43.4 Å². The Morgan fingerprint density at radius 3 is 1.46 bits per heavy atom. The van der Waals surface area contributed by atoms with Crippen LogP contribution in [0.2, 0.25) is 0 Å². The van der Waals surface area contributed by atoms with Gasteiger partial charge >= 0.3 is 0 Å². The topological polar surface area (TPSA) is 189 Å². The highest BCUT2D eigenvalue weighted by Crippen LogP contribution is 2.35. The summed E-state index contributed by atoms with van der Waals surface area (Å²) < 4.78 is 77.8. The molecule has 0 saturated heterocycles. The van der Waals surface area contributed by atoms with Crippen molar-refractivity contribution in [2.24, 2.45) is 0 Å². The van der Waals surface area contributed by atoms with E-state index in [2.05, 4.69) is 19.4 Å². The molecule has 14 nitrogen and oxygen atoms in total. The number of rotatable bonds is 13. The lowest BCUT2D eigenvalue weighted by Gasteiger charge is -2.18. The van der Waals surface area contributed by atoms with E-state index in [-0.39, 0.29) is 52.9 Å². The van der Waals surface area contributed by atoms with Crippen LogP contribution in [0.1, 0.15) is 19.3 Å². The van der Waals surface area contributed by atoms with E-state index in [4.69, 9.17) is 18.9 Å². The lowest BCUT2D eigenvalue weighted by Crippen LogP contribution is -2.17. The van der Waals surface area contributed by atoms with Crippen LogP contribution < -0.4 is 28.4 Å². The highest BCUT2D eigenvalue weighted by Gasteiger charge is 2.23. The highest BCUT2D eigenvalue weighted by molar-refractivity contribution is 8.77. The van der Waals surface area contributed by atoms with E-state index in [0.717, 1.165) is 44.3 Å². The van der Waals surface area contributed by atoms with Crippen molar-refractivity contribution in [3.8, 4) is 23.0 Å². The molecule has 0 bridgehead atoms. The standard InChI is InChI=1S/C26H22N4O10S6/c31-17(23-11-27-25(43-23)29-45(33,34)15-1-3-19-21(9-15)39-7-5-37-19)13-41-42-14-18(32)24-12-28-26(44-24)30-46(35,36)16-2-4-20-22(10-16)40-8-6-38-20/h1-4,9-12H,5-8,13-14H2,(H,27,29)(H,28,30). The van der Waals surface area contributed by atoms with Crippen LogP contribution in [0.3, 0.4) is 0 Å². The van der Waals surface area contributed by atoms with Gasteiger partial charge in [-0.05, 0) is 24.3 Å². The first kappa shape index (κ1) is 32.4. The third-order valence-electron chi connectivity index (χ3n) is 6.12. The molecular formula is C26H22N4O10S6. The van der Waals surface area contributed by atoms with Gasteiger partial charge in [-0.3, -0.25) is 19.0 Å². The van der Waals surface area contributed by atoms with Gasteiger partial charge in [0.1, 0.15) is 26.4 Å². The predicted octanol–water partition coefficient (Wildman–Crippen LogP) is 4.19. The third kappa shape index (κ3) is 7.52. The largest absolute Gasteiger partial charge is 0.486 e. The number of hydrogen-bond donors (Lipinski definition) is 2. The minimum absolute atomic E-state index is 0.0117. The zero-order chi connectivity index (χ0) is 32.3. The van der Waals surface area contributed by atoms with Crippen LogP contribution >= 0.6 is 44.3 Å². The van der Waals surface area contributed by atoms with Crippen LogP contribution in [0.5, 0.6) is 23.0 Å². The maximum atomic E-state index is 12.8. The van der Waals surface area contributed by atoms with Crippen molar-refractivity contribution in [1.82, 2.24) is 9.97 Å². The summed E-state index contributed by atoms with van der Waals surface area (Å²) in [5.41, 5.74) is 0. The number of Topliss-reactive ketones (excluding diaryl/α,β-unsaturated/α-hetero) is 2. The first-order valence-electron chi connectivity index (χ1n) is 13.1. The quantitative estimate of drug-likeness (QED) is 0.113. The molecule has 0 unspecified atom stereocenters. The van der Waals surface area contributed by atoms with Crippen molar-refractivity contribution in [3.63, 3.8) is 0 Å². The van der Waals surface area contributed by atoms with E-state index in [1.807, 2.05) is 0 Å². The first-order valence-corrected chi connectivity index (χ1v) is 20.2. The SMILES string of the molecule is O=C(CSSCC(=O)c1cnc(NS(=O)(=O)c2ccc3c(c2)OCCO3)s1)c1cnc(NS(=O)(=O)c2ccc3c(c2)OCCO3)s1. The van der Waals surface area contributed by atoms with Crippen LogP contribution in [-0.4, -0.2) is 76.3 Å². The lowest BCUT2D eigenvalue weighted by atomic mass is 10.3. The molecule has 0 saturated carbocycles. The van der Waals surface area contributed by atoms with Gasteiger partial charge in [0.2, 0.25) is 0 Å². The van der Waals surface area contributed by atoms with Crippen molar-refractivity contribution >= 4 is 86.1 Å². The van der Waals surface area contributed by atoms with Crippen molar-refractivity contribution < 1.29 is 45.4 Å². The molecule has 0 amide bonds. The molecule has 4 heterocycles. The molecule has 0 atom stereocenters. The fourth-order valence-electron chi connectivity index (χ4n) is 3.96. The fraction of sp³-hybridized carbons (Fsp3) is 0.231. The number of aromatic nitrogens is 2. The van der Waals surface area contributed by atoms with Gasteiger partial charge < -0.3 is 18.9 Å². The minimum Gasteiger partial charge on any atom is -0.486 e. The number of ketones is 2. The molecule has 0 aliphatic carbocycles. The van der Waals surface area contributed by atoms with Gasteiger partial charge in [0.15, 0.2) is 44.8 Å². The molecule has 0 spiro atoms. The Bertz CT molecular complexity index is 1870. The molecule has 20 heteroatoms. The molecule has 4 aromatic rings. The van der Waals surface area contributed by atoms with Gasteiger partial charge in [0, 0.05) is 12.1 Å². The summed E-state index contributed by atoms with van der Waals surface area (Å²) >= 11 is 1.78. The van der Waals surface area contributed by atoms with Crippen molar-refractivity contribution in [2.45, 2.75) is 9.79 Å². The fourth-order valence-corrected chi connectivity index (χ4v) is 10.0. The van der Waals surface area contributed by atoms with Crippen LogP contribution in [0.4, 0.5) is 10.3 Å².